The van der Waals surface area contributed by atoms with Crippen LogP contribution in [0, 0.1) is 5.92 Å². The zero-order valence-corrected chi connectivity index (χ0v) is 11.2. The molecule has 0 aliphatic carbocycles. The van der Waals surface area contributed by atoms with E-state index in [2.05, 4.69) is 40.3 Å². The van der Waals surface area contributed by atoms with Crippen molar-refractivity contribution < 1.29 is 0 Å². The van der Waals surface area contributed by atoms with Crippen molar-refractivity contribution in [1.29, 1.82) is 0 Å². The molecule has 0 heterocycles. The molecule has 0 saturated heterocycles. The zero-order chi connectivity index (χ0) is 11.0. The predicted octanol–water partition coefficient (Wildman–Crippen LogP) is 4.86. The van der Waals surface area contributed by atoms with E-state index in [0.29, 0.717) is 0 Å². The number of unbranched alkanes of at least 4 members (excludes halogenated alkanes) is 1. The van der Waals surface area contributed by atoms with Gasteiger partial charge in [-0.05, 0) is 44.3 Å². The number of hydrogen-bond acceptors (Lipinski definition) is 1. The van der Waals surface area contributed by atoms with E-state index in [9.17, 15) is 0 Å². The highest BCUT2D eigenvalue weighted by Crippen LogP contribution is 2.22. The van der Waals surface area contributed by atoms with Gasteiger partial charge in [0, 0.05) is 0 Å². The summed E-state index contributed by atoms with van der Waals surface area (Å²) in [6, 6.07) is 0. The predicted molar refractivity (Wildman–Crippen MR) is 70.2 cm³/mol. The van der Waals surface area contributed by atoms with Crippen molar-refractivity contribution in [3.63, 3.8) is 0 Å². The minimum absolute atomic E-state index is 0.727. The summed E-state index contributed by atoms with van der Waals surface area (Å²) in [6.45, 7) is 9.13. The van der Waals surface area contributed by atoms with Crippen LogP contribution in [0.4, 0.5) is 0 Å². The molecule has 0 nitrogen and oxygen atoms in total. The maximum Gasteiger partial charge on any atom is -0.00691 e. The first-order valence-corrected chi connectivity index (χ1v) is 6.57. The maximum absolute atomic E-state index is 4.35. The molecule has 0 aliphatic rings. The lowest BCUT2D eigenvalue weighted by molar-refractivity contribution is 0.630. The van der Waals surface area contributed by atoms with Gasteiger partial charge in [-0.25, -0.2) is 0 Å². The van der Waals surface area contributed by atoms with E-state index >= 15 is 0 Å². The van der Waals surface area contributed by atoms with E-state index in [0.717, 1.165) is 11.7 Å². The van der Waals surface area contributed by atoms with Crippen LogP contribution in [0.2, 0.25) is 0 Å². The molecule has 0 amide bonds. The first kappa shape index (κ1) is 14.1. The van der Waals surface area contributed by atoms with Crippen molar-refractivity contribution in [2.45, 2.75) is 59.8 Å². The number of thiol groups is 1. The van der Waals surface area contributed by atoms with Gasteiger partial charge in [0.15, 0.2) is 0 Å². The van der Waals surface area contributed by atoms with Crippen molar-refractivity contribution in [3.8, 4) is 0 Å². The van der Waals surface area contributed by atoms with Crippen molar-refractivity contribution >= 4 is 12.6 Å². The number of hydrogen-bond donors (Lipinski definition) is 1. The molecule has 0 aromatic rings. The van der Waals surface area contributed by atoms with Crippen molar-refractivity contribution in [2.24, 2.45) is 5.92 Å². The summed E-state index contributed by atoms with van der Waals surface area (Å²) < 4.78 is 0. The van der Waals surface area contributed by atoms with Gasteiger partial charge < -0.3 is 0 Å². The van der Waals surface area contributed by atoms with Gasteiger partial charge in [-0.3, -0.25) is 0 Å². The standard InChI is InChI=1S/C13H26S/c1-5-7-8-12(4)13(6-2)9-11(3)10-14/h11,14H,5-10H2,1-4H3/b13-12+. The van der Waals surface area contributed by atoms with Crippen molar-refractivity contribution in [1.82, 2.24) is 0 Å². The Balaban J connectivity index is 4.19. The van der Waals surface area contributed by atoms with E-state index in [1.807, 2.05) is 0 Å². The maximum atomic E-state index is 4.35. The lowest BCUT2D eigenvalue weighted by Crippen LogP contribution is -2.00. The van der Waals surface area contributed by atoms with Gasteiger partial charge in [0.1, 0.15) is 0 Å². The average Bonchev–Trinajstić information content (AvgIpc) is 2.21. The fourth-order valence-corrected chi connectivity index (χ4v) is 1.85. The van der Waals surface area contributed by atoms with Crippen LogP contribution in [0.15, 0.2) is 11.1 Å². The van der Waals surface area contributed by atoms with E-state index in [4.69, 9.17) is 0 Å². The van der Waals surface area contributed by atoms with Crippen molar-refractivity contribution in [3.05, 3.63) is 11.1 Å². The van der Waals surface area contributed by atoms with Crippen molar-refractivity contribution in [2.75, 3.05) is 5.75 Å². The van der Waals surface area contributed by atoms with Crippen LogP contribution in [-0.4, -0.2) is 5.75 Å². The Morgan fingerprint density at radius 1 is 1.29 bits per heavy atom. The highest BCUT2D eigenvalue weighted by molar-refractivity contribution is 7.80. The molecule has 0 N–H and O–H groups in total. The summed E-state index contributed by atoms with van der Waals surface area (Å²) in [5.41, 5.74) is 3.29. The summed E-state index contributed by atoms with van der Waals surface area (Å²) in [7, 11) is 0. The topological polar surface area (TPSA) is 0 Å². The number of allylic oxidation sites excluding steroid dienone is 2. The second-order valence-corrected chi connectivity index (χ2v) is 4.70. The molecule has 84 valence electrons. The minimum Gasteiger partial charge on any atom is -0.179 e. The Morgan fingerprint density at radius 3 is 2.36 bits per heavy atom. The molecule has 0 aliphatic heterocycles. The fourth-order valence-electron chi connectivity index (χ4n) is 1.72. The van der Waals surface area contributed by atoms with Crippen LogP contribution >= 0.6 is 12.6 Å². The first-order chi connectivity index (χ1) is 6.65. The smallest absolute Gasteiger partial charge is 0.00691 e. The van der Waals surface area contributed by atoms with Gasteiger partial charge in [0.25, 0.3) is 0 Å². The molecule has 0 fully saturated rings. The Kier molecular flexibility index (Phi) is 8.46. The van der Waals surface area contributed by atoms with Crippen LogP contribution in [0.5, 0.6) is 0 Å². The van der Waals surface area contributed by atoms with E-state index < -0.39 is 0 Å². The summed E-state index contributed by atoms with van der Waals surface area (Å²) in [5.74, 6) is 1.73. The molecule has 0 rings (SSSR count). The molecule has 0 bridgehead atoms. The molecule has 1 unspecified atom stereocenters. The largest absolute Gasteiger partial charge is 0.179 e. The Morgan fingerprint density at radius 2 is 1.93 bits per heavy atom. The summed E-state index contributed by atoms with van der Waals surface area (Å²) in [4.78, 5) is 0. The summed E-state index contributed by atoms with van der Waals surface area (Å²) in [6.07, 6.45) is 6.39. The second kappa shape index (κ2) is 8.40. The summed E-state index contributed by atoms with van der Waals surface area (Å²) in [5, 5.41) is 0. The van der Waals surface area contributed by atoms with E-state index in [-0.39, 0.29) is 0 Å². The van der Waals surface area contributed by atoms with Gasteiger partial charge in [-0.1, -0.05) is 38.3 Å². The van der Waals surface area contributed by atoms with Gasteiger partial charge in [0.2, 0.25) is 0 Å². The zero-order valence-electron chi connectivity index (χ0n) is 10.3. The molecule has 0 saturated carbocycles. The Labute approximate surface area is 95.6 Å². The molecule has 0 aromatic heterocycles. The van der Waals surface area contributed by atoms with E-state index in [1.54, 1.807) is 11.1 Å². The van der Waals surface area contributed by atoms with Gasteiger partial charge in [0.05, 0.1) is 0 Å². The highest BCUT2D eigenvalue weighted by Gasteiger charge is 2.05. The third-order valence-electron chi connectivity index (χ3n) is 2.84. The molecule has 0 radical (unpaired) electrons. The average molecular weight is 214 g/mol. The molecular formula is C13H26S. The van der Waals surface area contributed by atoms with Gasteiger partial charge in [-0.2, -0.15) is 12.6 Å². The first-order valence-electron chi connectivity index (χ1n) is 5.93. The monoisotopic (exact) mass is 214 g/mol. The quantitative estimate of drug-likeness (QED) is 0.454. The second-order valence-electron chi connectivity index (χ2n) is 4.33. The third-order valence-corrected chi connectivity index (χ3v) is 3.47. The fraction of sp³-hybridized carbons (Fsp3) is 0.846. The molecular weight excluding hydrogens is 188 g/mol. The van der Waals surface area contributed by atoms with Crippen LogP contribution in [0.3, 0.4) is 0 Å². The van der Waals surface area contributed by atoms with Crippen LogP contribution in [-0.2, 0) is 0 Å². The lowest BCUT2D eigenvalue weighted by Gasteiger charge is -2.14. The molecule has 1 heteroatoms. The minimum atomic E-state index is 0.727. The van der Waals surface area contributed by atoms with Gasteiger partial charge >= 0.3 is 0 Å². The van der Waals surface area contributed by atoms with Crippen LogP contribution < -0.4 is 0 Å². The molecule has 1 atom stereocenters. The highest BCUT2D eigenvalue weighted by atomic mass is 32.1. The van der Waals surface area contributed by atoms with Crippen LogP contribution in [0.25, 0.3) is 0 Å². The lowest BCUT2D eigenvalue weighted by atomic mass is 9.94. The summed E-state index contributed by atoms with van der Waals surface area (Å²) >= 11 is 4.35. The van der Waals surface area contributed by atoms with Crippen LogP contribution in [0.1, 0.15) is 59.8 Å². The molecule has 0 spiro atoms. The third kappa shape index (κ3) is 5.74. The normalized spacial score (nSPS) is 15.2. The molecule has 14 heavy (non-hydrogen) atoms. The van der Waals surface area contributed by atoms with Gasteiger partial charge in [-0.15, -0.1) is 0 Å². The Bertz CT molecular complexity index is 170. The SMILES string of the molecule is CCCC/C(C)=C(\CC)CC(C)CS. The van der Waals surface area contributed by atoms with E-state index in [1.165, 1.54) is 32.1 Å². The Hall–Kier alpha value is 0.0900. The molecule has 0 aromatic carbocycles. The number of rotatable bonds is 7.